The van der Waals surface area contributed by atoms with Gasteiger partial charge in [-0.2, -0.15) is 0 Å². The molecule has 2 nitrogen and oxygen atoms in total. The van der Waals surface area contributed by atoms with E-state index in [1.54, 1.807) is 0 Å². The number of hydrogen-bond donors (Lipinski definition) is 2. The Hall–Kier alpha value is -0.0800. The normalized spacial score (nSPS) is 24.2. The molecule has 0 heterocycles. The molecule has 0 saturated heterocycles. The highest BCUT2D eigenvalue weighted by Crippen LogP contribution is 2.32. The summed E-state index contributed by atoms with van der Waals surface area (Å²) in [5.41, 5.74) is -0.0326. The Morgan fingerprint density at radius 3 is 2.38 bits per heavy atom. The van der Waals surface area contributed by atoms with Gasteiger partial charge < -0.3 is 10.4 Å². The van der Waals surface area contributed by atoms with E-state index in [4.69, 9.17) is 0 Å². The van der Waals surface area contributed by atoms with Gasteiger partial charge in [-0.25, -0.2) is 0 Å². The Kier molecular flexibility index (Phi) is 4.20. The molecule has 0 spiro atoms. The van der Waals surface area contributed by atoms with Crippen molar-refractivity contribution in [3.8, 4) is 0 Å². The molecule has 0 aromatic carbocycles. The summed E-state index contributed by atoms with van der Waals surface area (Å²) in [4.78, 5) is 0. The molecule has 0 bridgehead atoms. The van der Waals surface area contributed by atoms with Crippen LogP contribution in [0, 0.1) is 5.92 Å². The summed E-state index contributed by atoms with van der Waals surface area (Å²) in [6, 6.07) is 0. The van der Waals surface area contributed by atoms with Crippen molar-refractivity contribution in [2.75, 3.05) is 13.2 Å². The third-order valence-corrected chi connectivity index (χ3v) is 3.42. The molecule has 1 aliphatic rings. The van der Waals surface area contributed by atoms with Crippen LogP contribution in [-0.2, 0) is 0 Å². The molecule has 13 heavy (non-hydrogen) atoms. The van der Waals surface area contributed by atoms with Gasteiger partial charge in [-0.1, -0.05) is 26.2 Å². The summed E-state index contributed by atoms with van der Waals surface area (Å²) in [6.07, 6.45) is 6.62. The highest BCUT2D eigenvalue weighted by molar-refractivity contribution is 4.90. The zero-order valence-electron chi connectivity index (χ0n) is 8.97. The van der Waals surface area contributed by atoms with Gasteiger partial charge in [-0.3, -0.25) is 0 Å². The molecule has 1 rings (SSSR count). The fourth-order valence-electron chi connectivity index (χ4n) is 2.47. The van der Waals surface area contributed by atoms with Crippen LogP contribution in [0.25, 0.3) is 0 Å². The van der Waals surface area contributed by atoms with Crippen LogP contribution in [0.3, 0.4) is 0 Å². The third-order valence-electron chi connectivity index (χ3n) is 3.42. The summed E-state index contributed by atoms with van der Waals surface area (Å²) < 4.78 is 0. The smallest absolute Gasteiger partial charge is 0.0613 e. The molecule has 0 radical (unpaired) electrons. The lowest BCUT2D eigenvalue weighted by molar-refractivity contribution is 0.0970. The Balaban J connectivity index is 2.51. The topological polar surface area (TPSA) is 32.3 Å². The summed E-state index contributed by atoms with van der Waals surface area (Å²) in [7, 11) is 0. The van der Waals surface area contributed by atoms with E-state index in [2.05, 4.69) is 19.2 Å². The van der Waals surface area contributed by atoms with E-state index in [1.165, 1.54) is 32.1 Å². The number of nitrogens with one attached hydrogen (secondary N) is 1. The second-order valence-electron chi connectivity index (χ2n) is 4.44. The molecule has 0 amide bonds. The van der Waals surface area contributed by atoms with E-state index in [9.17, 15) is 5.11 Å². The highest BCUT2D eigenvalue weighted by atomic mass is 16.3. The summed E-state index contributed by atoms with van der Waals surface area (Å²) in [6.45, 7) is 5.49. The van der Waals surface area contributed by atoms with Gasteiger partial charge in [0, 0.05) is 5.54 Å². The van der Waals surface area contributed by atoms with Gasteiger partial charge in [0.2, 0.25) is 0 Å². The Bertz CT molecular complexity index is 143. The van der Waals surface area contributed by atoms with E-state index in [0.29, 0.717) is 5.92 Å². The zero-order chi connectivity index (χ0) is 9.73. The average Bonchev–Trinajstić information content (AvgIpc) is 2.19. The molecule has 0 aromatic heterocycles. The molecule has 2 N–H and O–H groups in total. The van der Waals surface area contributed by atoms with E-state index in [0.717, 1.165) is 6.54 Å². The van der Waals surface area contributed by atoms with Crippen LogP contribution in [0.4, 0.5) is 0 Å². The second-order valence-corrected chi connectivity index (χ2v) is 4.44. The lowest BCUT2D eigenvalue weighted by Crippen LogP contribution is -2.52. The molecule has 1 fully saturated rings. The molecular formula is C11H23NO. The van der Waals surface area contributed by atoms with E-state index in [-0.39, 0.29) is 12.1 Å². The van der Waals surface area contributed by atoms with Gasteiger partial charge in [-0.05, 0) is 32.2 Å². The minimum Gasteiger partial charge on any atom is -0.394 e. The first kappa shape index (κ1) is 11.0. The van der Waals surface area contributed by atoms with Crippen molar-refractivity contribution in [1.29, 1.82) is 0 Å². The Labute approximate surface area is 81.7 Å². The SMILES string of the molecule is CCNC(C)(CO)C1CCCCC1. The van der Waals surface area contributed by atoms with Gasteiger partial charge in [0.25, 0.3) is 0 Å². The first-order valence-electron chi connectivity index (χ1n) is 5.59. The van der Waals surface area contributed by atoms with Crippen LogP contribution < -0.4 is 5.32 Å². The van der Waals surface area contributed by atoms with Crippen molar-refractivity contribution >= 4 is 0 Å². The third kappa shape index (κ3) is 2.68. The lowest BCUT2D eigenvalue weighted by atomic mass is 9.76. The zero-order valence-corrected chi connectivity index (χ0v) is 8.97. The predicted molar refractivity (Wildman–Crippen MR) is 55.7 cm³/mol. The van der Waals surface area contributed by atoms with Crippen molar-refractivity contribution in [2.24, 2.45) is 5.92 Å². The van der Waals surface area contributed by atoms with Gasteiger partial charge in [0.1, 0.15) is 0 Å². The highest BCUT2D eigenvalue weighted by Gasteiger charge is 2.33. The first-order valence-corrected chi connectivity index (χ1v) is 5.59. The van der Waals surface area contributed by atoms with Crippen LogP contribution in [0.5, 0.6) is 0 Å². The summed E-state index contributed by atoms with van der Waals surface area (Å²) >= 11 is 0. The number of hydrogen-bond acceptors (Lipinski definition) is 2. The lowest BCUT2D eigenvalue weighted by Gasteiger charge is -2.39. The summed E-state index contributed by atoms with van der Waals surface area (Å²) in [5.74, 6) is 0.672. The van der Waals surface area contributed by atoms with Gasteiger partial charge in [0.05, 0.1) is 6.61 Å². The van der Waals surface area contributed by atoms with Crippen LogP contribution in [0.15, 0.2) is 0 Å². The van der Waals surface area contributed by atoms with Gasteiger partial charge >= 0.3 is 0 Å². The quantitative estimate of drug-likeness (QED) is 0.701. The van der Waals surface area contributed by atoms with Crippen LogP contribution in [0.2, 0.25) is 0 Å². The monoisotopic (exact) mass is 185 g/mol. The van der Waals surface area contributed by atoms with E-state index in [1.807, 2.05) is 0 Å². The number of aliphatic hydroxyl groups is 1. The van der Waals surface area contributed by atoms with Crippen LogP contribution in [0.1, 0.15) is 46.0 Å². The second kappa shape index (κ2) is 4.97. The molecule has 1 aliphatic carbocycles. The van der Waals surface area contributed by atoms with Gasteiger partial charge in [0.15, 0.2) is 0 Å². The number of aliphatic hydroxyl groups excluding tert-OH is 1. The van der Waals surface area contributed by atoms with E-state index < -0.39 is 0 Å². The average molecular weight is 185 g/mol. The fourth-order valence-corrected chi connectivity index (χ4v) is 2.47. The minimum atomic E-state index is -0.0326. The maximum Gasteiger partial charge on any atom is 0.0613 e. The number of rotatable bonds is 4. The van der Waals surface area contributed by atoms with Crippen molar-refractivity contribution < 1.29 is 5.11 Å². The molecule has 78 valence electrons. The Morgan fingerprint density at radius 1 is 1.31 bits per heavy atom. The van der Waals surface area contributed by atoms with Crippen molar-refractivity contribution in [1.82, 2.24) is 5.32 Å². The molecular weight excluding hydrogens is 162 g/mol. The first-order chi connectivity index (χ1) is 6.23. The summed E-state index contributed by atoms with van der Waals surface area (Å²) in [5, 5.41) is 12.8. The number of likely N-dealkylation sites (N-methyl/N-ethyl adjacent to an activating group) is 1. The molecule has 1 atom stereocenters. The maximum absolute atomic E-state index is 9.41. The van der Waals surface area contributed by atoms with E-state index >= 15 is 0 Å². The predicted octanol–water partition coefficient (Wildman–Crippen LogP) is 1.93. The molecule has 0 aliphatic heterocycles. The van der Waals surface area contributed by atoms with Crippen molar-refractivity contribution in [2.45, 2.75) is 51.5 Å². The fraction of sp³-hybridized carbons (Fsp3) is 1.00. The standard InChI is InChI=1S/C11H23NO/c1-3-12-11(2,9-13)10-7-5-4-6-8-10/h10,12-13H,3-9H2,1-2H3. The molecule has 1 unspecified atom stereocenters. The molecule has 1 saturated carbocycles. The van der Waals surface area contributed by atoms with Crippen molar-refractivity contribution in [3.63, 3.8) is 0 Å². The molecule has 0 aromatic rings. The maximum atomic E-state index is 9.41. The minimum absolute atomic E-state index is 0.0326. The van der Waals surface area contributed by atoms with Gasteiger partial charge in [-0.15, -0.1) is 0 Å². The van der Waals surface area contributed by atoms with Crippen molar-refractivity contribution in [3.05, 3.63) is 0 Å². The van der Waals surface area contributed by atoms with Crippen LogP contribution >= 0.6 is 0 Å². The molecule has 2 heteroatoms. The largest absolute Gasteiger partial charge is 0.394 e. The Morgan fingerprint density at radius 2 is 1.92 bits per heavy atom. The van der Waals surface area contributed by atoms with Crippen LogP contribution in [-0.4, -0.2) is 23.8 Å².